The maximum absolute atomic E-state index is 13.5. The second-order valence-electron chi connectivity index (χ2n) is 14.9. The van der Waals surface area contributed by atoms with Crippen molar-refractivity contribution in [3.05, 3.63) is 71.3 Å². The number of amides is 4. The number of rotatable bonds is 23. The highest BCUT2D eigenvalue weighted by Crippen LogP contribution is 2.12. The van der Waals surface area contributed by atoms with Crippen LogP contribution >= 0.6 is 0 Å². The number of nitrogens with two attached hydrogens (primary N) is 1. The molecule has 0 bridgehead atoms. The van der Waals surface area contributed by atoms with Gasteiger partial charge in [0.05, 0.1) is 25.2 Å². The number of hydrogen-bond acceptors (Lipinski definition) is 10. The van der Waals surface area contributed by atoms with E-state index in [1.165, 1.54) is 12.7 Å². The summed E-state index contributed by atoms with van der Waals surface area (Å²) in [7, 11) is 0. The van der Waals surface area contributed by atoms with Crippen LogP contribution < -0.4 is 32.3 Å². The van der Waals surface area contributed by atoms with Crippen molar-refractivity contribution in [3.63, 3.8) is 0 Å². The molecule has 3 aromatic rings. The van der Waals surface area contributed by atoms with Gasteiger partial charge in [0.15, 0.2) is 17.2 Å². The van der Waals surface area contributed by atoms with Crippen LogP contribution in [-0.4, -0.2) is 104 Å². The number of aliphatic carboxylic acids is 1. The van der Waals surface area contributed by atoms with Crippen LogP contribution in [0.15, 0.2) is 43.0 Å². The van der Waals surface area contributed by atoms with Crippen molar-refractivity contribution in [3.8, 4) is 0 Å². The average molecular weight is 765 g/mol. The quantitative estimate of drug-likeness (QED) is 0.0672. The van der Waals surface area contributed by atoms with Gasteiger partial charge in [-0.05, 0) is 42.6 Å². The lowest BCUT2D eigenvalue weighted by Gasteiger charge is -2.23. The minimum atomic E-state index is -1.25. The molecule has 0 fully saturated rings. The minimum absolute atomic E-state index is 0.0374. The Morgan fingerprint density at radius 2 is 1.16 bits per heavy atom. The predicted octanol–water partition coefficient (Wildman–Crippen LogP) is 1.81. The normalized spacial score (nSPS) is 13.6. The van der Waals surface area contributed by atoms with Crippen LogP contribution in [-0.2, 0) is 16.0 Å². The van der Waals surface area contributed by atoms with Crippen LogP contribution in [0, 0.1) is 17.8 Å². The summed E-state index contributed by atoms with van der Waals surface area (Å²) in [5.74, 6) is -3.75. The highest BCUT2D eigenvalue weighted by Gasteiger charge is 2.29. The Morgan fingerprint density at radius 1 is 0.673 bits per heavy atom. The standard InChI is InChI=1S/C38H56N10O7/c1-21(2)12-25(16-39)45-34(50)30-32(43-19-41-30)36(52)47-27(14-23(5)6)29(49)18-40-17-26(13-22(3)4)46-35(51)31-33(44-20-42-31)37(53)48-28(38(54)55)15-24-10-8-7-9-11-24/h7-11,19-23,25-28,40H,12-18,39H2,1-6H3,(H,41,43)(H,42,44)(H,45,50)(H,46,51)(H,47,52)(H,48,53)(H,54,55)/t25-,26-,27-,28-/m0/s1. The molecule has 4 amide bonds. The lowest BCUT2D eigenvalue weighted by atomic mass is 9.99. The number of ketones is 1. The van der Waals surface area contributed by atoms with E-state index in [1.807, 2.05) is 41.5 Å². The first-order valence-electron chi connectivity index (χ1n) is 18.6. The molecule has 55 heavy (non-hydrogen) atoms. The summed E-state index contributed by atoms with van der Waals surface area (Å²) in [5, 5.41) is 23.8. The van der Waals surface area contributed by atoms with Gasteiger partial charge in [-0.15, -0.1) is 0 Å². The number of imidazole rings is 2. The maximum Gasteiger partial charge on any atom is 0.326 e. The number of nitrogens with one attached hydrogen (secondary N) is 7. The fourth-order valence-corrected chi connectivity index (χ4v) is 6.08. The molecule has 3 rings (SSSR count). The second-order valence-corrected chi connectivity index (χ2v) is 14.9. The van der Waals surface area contributed by atoms with Crippen molar-refractivity contribution in [2.75, 3.05) is 19.6 Å². The number of carbonyl (C=O) groups is 6. The molecule has 2 aromatic heterocycles. The van der Waals surface area contributed by atoms with Gasteiger partial charge in [0.25, 0.3) is 23.6 Å². The Kier molecular flexibility index (Phi) is 17.2. The number of benzene rings is 1. The first-order chi connectivity index (χ1) is 26.1. The van der Waals surface area contributed by atoms with E-state index < -0.39 is 47.7 Å². The van der Waals surface area contributed by atoms with Gasteiger partial charge >= 0.3 is 5.97 Å². The van der Waals surface area contributed by atoms with Crippen molar-refractivity contribution in [2.24, 2.45) is 23.5 Å². The number of carboxylic acids is 1. The smallest absolute Gasteiger partial charge is 0.326 e. The summed E-state index contributed by atoms with van der Waals surface area (Å²) in [4.78, 5) is 91.8. The Hall–Kier alpha value is -5.42. The number of Topliss-reactive ketones (excluding diaryl/α,β-unsaturated/α-hetero) is 1. The van der Waals surface area contributed by atoms with Crippen molar-refractivity contribution in [1.29, 1.82) is 0 Å². The number of carboxylic acid groups (broad SMARTS) is 1. The zero-order chi connectivity index (χ0) is 40.7. The van der Waals surface area contributed by atoms with Gasteiger partial charge in [0.2, 0.25) is 0 Å². The van der Waals surface area contributed by atoms with E-state index in [2.05, 4.69) is 46.5 Å². The maximum atomic E-state index is 13.5. The molecule has 0 aliphatic carbocycles. The lowest BCUT2D eigenvalue weighted by molar-refractivity contribution is -0.139. The first kappa shape index (κ1) is 44.0. The molecule has 0 saturated carbocycles. The summed E-state index contributed by atoms with van der Waals surface area (Å²) >= 11 is 0. The molecule has 0 saturated heterocycles. The predicted molar refractivity (Wildman–Crippen MR) is 205 cm³/mol. The molecule has 0 aliphatic rings. The Morgan fingerprint density at radius 3 is 1.65 bits per heavy atom. The van der Waals surface area contributed by atoms with E-state index >= 15 is 0 Å². The van der Waals surface area contributed by atoms with Gasteiger partial charge in [0, 0.05) is 31.6 Å². The summed E-state index contributed by atoms with van der Waals surface area (Å²) in [6.45, 7) is 12.0. The molecule has 0 unspecified atom stereocenters. The molecule has 0 spiro atoms. The van der Waals surface area contributed by atoms with E-state index in [4.69, 9.17) is 5.73 Å². The third-order valence-corrected chi connectivity index (χ3v) is 8.61. The Labute approximate surface area is 321 Å². The van der Waals surface area contributed by atoms with Gasteiger partial charge in [-0.2, -0.15) is 0 Å². The number of carbonyl (C=O) groups excluding carboxylic acids is 5. The van der Waals surface area contributed by atoms with E-state index in [9.17, 15) is 33.9 Å². The highest BCUT2D eigenvalue weighted by molar-refractivity contribution is 6.06. The minimum Gasteiger partial charge on any atom is -0.480 e. The molecule has 17 nitrogen and oxygen atoms in total. The fourth-order valence-electron chi connectivity index (χ4n) is 6.08. The number of aromatic nitrogens is 4. The highest BCUT2D eigenvalue weighted by atomic mass is 16.4. The Bertz CT molecular complexity index is 1740. The summed E-state index contributed by atoms with van der Waals surface area (Å²) in [6.07, 6.45) is 3.95. The zero-order valence-corrected chi connectivity index (χ0v) is 32.4. The second kappa shape index (κ2) is 21.5. The number of hydrogen-bond donors (Lipinski definition) is 9. The molecule has 1 aromatic carbocycles. The van der Waals surface area contributed by atoms with E-state index in [1.54, 1.807) is 30.3 Å². The van der Waals surface area contributed by atoms with Gasteiger partial charge < -0.3 is 47.4 Å². The number of nitrogens with zero attached hydrogens (tertiary/aromatic N) is 2. The summed E-state index contributed by atoms with van der Waals surface area (Å²) in [6, 6.07) is 5.90. The average Bonchev–Trinajstić information content (AvgIpc) is 3.82. The van der Waals surface area contributed by atoms with Crippen molar-refractivity contribution < 1.29 is 33.9 Å². The lowest BCUT2D eigenvalue weighted by Crippen LogP contribution is -2.49. The van der Waals surface area contributed by atoms with E-state index in [0.29, 0.717) is 24.8 Å². The molecule has 17 heteroatoms. The van der Waals surface area contributed by atoms with Gasteiger partial charge in [-0.25, -0.2) is 14.8 Å². The molecule has 10 N–H and O–H groups in total. The first-order valence-corrected chi connectivity index (χ1v) is 18.6. The topological polar surface area (TPSA) is 266 Å². The monoisotopic (exact) mass is 764 g/mol. The van der Waals surface area contributed by atoms with Crippen molar-refractivity contribution in [2.45, 2.75) is 91.4 Å². The fraction of sp³-hybridized carbons (Fsp3) is 0.526. The molecular formula is C38H56N10O7. The van der Waals surface area contributed by atoms with Crippen LogP contribution in [0.25, 0.3) is 0 Å². The van der Waals surface area contributed by atoms with E-state index in [0.717, 1.165) is 0 Å². The summed E-state index contributed by atoms with van der Waals surface area (Å²) in [5.41, 5.74) is 5.96. The van der Waals surface area contributed by atoms with E-state index in [-0.39, 0.29) is 78.4 Å². The number of H-pyrrole nitrogens is 2. The SMILES string of the molecule is CC(C)C[C@@H](CNCC(=O)[C@H](CC(C)C)NC(=O)c1[nH]cnc1C(=O)N[C@H](CN)CC(C)C)NC(=O)c1nc[nH]c1C(=O)N[C@@H](Cc1ccccc1)C(=O)O. The van der Waals surface area contributed by atoms with Crippen LogP contribution in [0.5, 0.6) is 0 Å². The molecule has 2 heterocycles. The van der Waals surface area contributed by atoms with Gasteiger partial charge in [-0.3, -0.25) is 24.0 Å². The van der Waals surface area contributed by atoms with Crippen LogP contribution in [0.4, 0.5) is 0 Å². The molecular weight excluding hydrogens is 708 g/mol. The zero-order valence-electron chi connectivity index (χ0n) is 32.4. The van der Waals surface area contributed by atoms with Crippen LogP contribution in [0.2, 0.25) is 0 Å². The molecule has 300 valence electrons. The molecule has 0 radical (unpaired) electrons. The van der Waals surface area contributed by atoms with Gasteiger partial charge in [0.1, 0.15) is 17.4 Å². The molecule has 0 aliphatic heterocycles. The van der Waals surface area contributed by atoms with Crippen molar-refractivity contribution in [1.82, 2.24) is 46.5 Å². The third kappa shape index (κ3) is 14.1. The summed E-state index contributed by atoms with van der Waals surface area (Å²) < 4.78 is 0. The number of aromatic amines is 2. The molecule has 4 atom stereocenters. The van der Waals surface area contributed by atoms with Crippen LogP contribution in [0.3, 0.4) is 0 Å². The Balaban J connectivity index is 1.64. The van der Waals surface area contributed by atoms with Crippen LogP contribution in [0.1, 0.15) is 108 Å². The van der Waals surface area contributed by atoms with Gasteiger partial charge in [-0.1, -0.05) is 71.9 Å². The largest absolute Gasteiger partial charge is 0.480 e. The van der Waals surface area contributed by atoms with Crippen molar-refractivity contribution >= 4 is 35.4 Å². The third-order valence-electron chi connectivity index (χ3n) is 8.61.